The molecule has 1 atom stereocenters. The smallest absolute Gasteiger partial charge is 0.355 e. The van der Waals surface area contributed by atoms with Crippen molar-refractivity contribution in [2.45, 2.75) is 25.4 Å². The fourth-order valence-electron chi connectivity index (χ4n) is 4.28. The van der Waals surface area contributed by atoms with E-state index in [1.165, 1.54) is 12.3 Å². The Labute approximate surface area is 165 Å². The first-order chi connectivity index (χ1) is 13.3. The van der Waals surface area contributed by atoms with Crippen molar-refractivity contribution >= 4 is 29.0 Å². The molecule has 0 unspecified atom stereocenters. The number of hydrogen-bond donors (Lipinski definition) is 0. The average molecular weight is 410 g/mol. The number of carbonyl (C=O) groups excluding carboxylic acids is 1. The number of alkyl halides is 3. The van der Waals surface area contributed by atoms with Gasteiger partial charge in [-0.1, -0.05) is 23.7 Å². The average Bonchev–Trinajstić information content (AvgIpc) is 2.97. The second kappa shape index (κ2) is 6.95. The Kier molecular flexibility index (Phi) is 4.73. The van der Waals surface area contributed by atoms with E-state index in [2.05, 4.69) is 4.98 Å². The number of pyridine rings is 1. The predicted molar refractivity (Wildman–Crippen MR) is 102 cm³/mol. The third kappa shape index (κ3) is 3.21. The summed E-state index contributed by atoms with van der Waals surface area (Å²) in [7, 11) is 0. The van der Waals surface area contributed by atoms with Crippen LogP contribution in [-0.4, -0.2) is 30.5 Å². The first-order valence-corrected chi connectivity index (χ1v) is 9.53. The molecule has 28 heavy (non-hydrogen) atoms. The molecule has 4 rings (SSSR count). The molecule has 1 amide bonds. The Morgan fingerprint density at radius 3 is 2.61 bits per heavy atom. The van der Waals surface area contributed by atoms with E-state index in [9.17, 15) is 18.0 Å². The molecule has 2 aromatic rings. The van der Waals surface area contributed by atoms with E-state index in [-0.39, 0.29) is 18.3 Å². The quantitative estimate of drug-likeness (QED) is 0.716. The molecule has 0 N–H and O–H groups in total. The van der Waals surface area contributed by atoms with Gasteiger partial charge < -0.3 is 9.80 Å². The normalized spacial score (nSPS) is 22.9. The summed E-state index contributed by atoms with van der Waals surface area (Å²) in [6.45, 7) is 1.18. The Hall–Kier alpha value is -2.28. The Bertz CT molecular complexity index is 904. The van der Waals surface area contributed by atoms with Gasteiger partial charge in [-0.3, -0.25) is 4.79 Å². The molecular formula is C20H19ClF3N3O. The van der Waals surface area contributed by atoms with Crippen molar-refractivity contribution < 1.29 is 18.0 Å². The van der Waals surface area contributed by atoms with E-state index < -0.39 is 17.2 Å². The number of nitrogens with zero attached hydrogens (tertiary/aromatic N) is 3. The van der Waals surface area contributed by atoms with Crippen molar-refractivity contribution in [3.05, 3.63) is 53.2 Å². The standard InChI is InChI=1S/C20H19ClF3N3O/c21-15-6-1-2-7-16(15)27-12-9-19(18(27)28)8-4-11-26(13-19)17-14(20(22,23)24)5-3-10-25-17/h1-3,5-7,10H,4,8-9,11-13H2/t19-/m1/s1. The van der Waals surface area contributed by atoms with E-state index in [1.807, 2.05) is 6.07 Å². The molecule has 8 heteroatoms. The van der Waals surface area contributed by atoms with Gasteiger partial charge in [-0.15, -0.1) is 0 Å². The second-order valence-electron chi connectivity index (χ2n) is 7.34. The van der Waals surface area contributed by atoms with Crippen LogP contribution in [0, 0.1) is 5.41 Å². The van der Waals surface area contributed by atoms with Crippen molar-refractivity contribution in [2.75, 3.05) is 29.4 Å². The summed E-state index contributed by atoms with van der Waals surface area (Å²) in [4.78, 5) is 20.6. The van der Waals surface area contributed by atoms with Crippen LogP contribution in [0.3, 0.4) is 0 Å². The molecular weight excluding hydrogens is 391 g/mol. The van der Waals surface area contributed by atoms with Gasteiger partial charge in [0, 0.05) is 25.8 Å². The van der Waals surface area contributed by atoms with Crippen molar-refractivity contribution in [1.82, 2.24) is 4.98 Å². The topological polar surface area (TPSA) is 36.4 Å². The van der Waals surface area contributed by atoms with Gasteiger partial charge in [0.15, 0.2) is 0 Å². The van der Waals surface area contributed by atoms with Gasteiger partial charge in [-0.05, 0) is 43.5 Å². The highest BCUT2D eigenvalue weighted by Gasteiger charge is 2.50. The SMILES string of the molecule is O=C1N(c2ccccc2Cl)CC[C@@]12CCCN(c1ncccc1C(F)(F)F)C2. The van der Waals surface area contributed by atoms with Crippen LogP contribution in [0.2, 0.25) is 5.02 Å². The van der Waals surface area contributed by atoms with E-state index in [0.29, 0.717) is 43.1 Å². The molecule has 1 aromatic heterocycles. The van der Waals surface area contributed by atoms with E-state index in [1.54, 1.807) is 28.0 Å². The number of benzene rings is 1. The van der Waals surface area contributed by atoms with E-state index in [0.717, 1.165) is 6.07 Å². The summed E-state index contributed by atoms with van der Waals surface area (Å²) >= 11 is 6.25. The third-order valence-electron chi connectivity index (χ3n) is 5.62. The number of anilines is 2. The lowest BCUT2D eigenvalue weighted by molar-refractivity contribution is -0.137. The highest BCUT2D eigenvalue weighted by molar-refractivity contribution is 6.34. The minimum Gasteiger partial charge on any atom is -0.355 e. The minimum atomic E-state index is -4.49. The van der Waals surface area contributed by atoms with Crippen molar-refractivity contribution in [3.63, 3.8) is 0 Å². The largest absolute Gasteiger partial charge is 0.419 e. The first-order valence-electron chi connectivity index (χ1n) is 9.15. The van der Waals surface area contributed by atoms with E-state index in [4.69, 9.17) is 11.6 Å². The fraction of sp³-hybridized carbons (Fsp3) is 0.400. The van der Waals surface area contributed by atoms with Gasteiger partial charge in [-0.2, -0.15) is 13.2 Å². The molecule has 2 fully saturated rings. The van der Waals surface area contributed by atoms with Crippen LogP contribution < -0.4 is 9.80 Å². The number of rotatable bonds is 2. The summed E-state index contributed by atoms with van der Waals surface area (Å²) < 4.78 is 40.3. The van der Waals surface area contributed by atoms with Gasteiger partial charge in [0.1, 0.15) is 5.82 Å². The van der Waals surface area contributed by atoms with Crippen LogP contribution in [0.4, 0.5) is 24.7 Å². The monoisotopic (exact) mass is 409 g/mol. The predicted octanol–water partition coefficient (Wildman–Crippen LogP) is 4.78. The highest BCUT2D eigenvalue weighted by atomic mass is 35.5. The number of para-hydroxylation sites is 1. The van der Waals surface area contributed by atoms with Crippen LogP contribution in [0.1, 0.15) is 24.8 Å². The molecule has 148 valence electrons. The number of carbonyl (C=O) groups is 1. The molecule has 0 aliphatic carbocycles. The summed E-state index contributed by atoms with van der Waals surface area (Å²) in [5.74, 6) is -0.173. The van der Waals surface area contributed by atoms with Crippen LogP contribution >= 0.6 is 11.6 Å². The van der Waals surface area contributed by atoms with Crippen molar-refractivity contribution in [2.24, 2.45) is 5.41 Å². The molecule has 2 aliphatic rings. The number of hydrogen-bond acceptors (Lipinski definition) is 3. The summed E-state index contributed by atoms with van der Waals surface area (Å²) in [5, 5.41) is 0.490. The molecule has 0 radical (unpaired) electrons. The summed E-state index contributed by atoms with van der Waals surface area (Å²) in [6, 6.07) is 9.45. The van der Waals surface area contributed by atoms with Gasteiger partial charge in [0.25, 0.3) is 0 Å². The van der Waals surface area contributed by atoms with E-state index >= 15 is 0 Å². The number of aromatic nitrogens is 1. The maximum atomic E-state index is 13.4. The van der Waals surface area contributed by atoms with Gasteiger partial charge in [-0.25, -0.2) is 4.98 Å². The molecule has 2 aliphatic heterocycles. The minimum absolute atomic E-state index is 0.0743. The second-order valence-corrected chi connectivity index (χ2v) is 7.74. The fourth-order valence-corrected chi connectivity index (χ4v) is 4.52. The zero-order chi connectivity index (χ0) is 19.9. The van der Waals surface area contributed by atoms with Crippen LogP contribution in [0.25, 0.3) is 0 Å². The zero-order valence-corrected chi connectivity index (χ0v) is 15.8. The number of amides is 1. The number of halogens is 4. The summed E-state index contributed by atoms with van der Waals surface area (Å²) in [5.41, 5.74) is -0.824. The lowest BCUT2D eigenvalue weighted by Gasteiger charge is -2.40. The Morgan fingerprint density at radius 1 is 1.07 bits per heavy atom. The molecule has 0 saturated carbocycles. The zero-order valence-electron chi connectivity index (χ0n) is 15.0. The Morgan fingerprint density at radius 2 is 1.86 bits per heavy atom. The number of piperidine rings is 1. The maximum Gasteiger partial charge on any atom is 0.419 e. The Balaban J connectivity index is 1.63. The first kappa shape index (κ1) is 19.1. The molecule has 4 nitrogen and oxygen atoms in total. The van der Waals surface area contributed by atoms with Crippen LogP contribution in [0.5, 0.6) is 0 Å². The van der Waals surface area contributed by atoms with Gasteiger partial charge in [0.05, 0.1) is 21.7 Å². The molecule has 2 saturated heterocycles. The van der Waals surface area contributed by atoms with Gasteiger partial charge >= 0.3 is 6.18 Å². The van der Waals surface area contributed by atoms with Crippen molar-refractivity contribution in [1.29, 1.82) is 0 Å². The molecule has 1 spiro atoms. The van der Waals surface area contributed by atoms with Crippen LogP contribution in [-0.2, 0) is 11.0 Å². The lowest BCUT2D eigenvalue weighted by atomic mass is 9.78. The molecule has 1 aromatic carbocycles. The van der Waals surface area contributed by atoms with Gasteiger partial charge in [0.2, 0.25) is 5.91 Å². The third-order valence-corrected chi connectivity index (χ3v) is 5.94. The highest BCUT2D eigenvalue weighted by Crippen LogP contribution is 2.45. The maximum absolute atomic E-state index is 13.4. The molecule has 3 heterocycles. The molecule has 0 bridgehead atoms. The lowest BCUT2D eigenvalue weighted by Crippen LogP contribution is -2.48. The van der Waals surface area contributed by atoms with Crippen LogP contribution in [0.15, 0.2) is 42.6 Å². The summed E-state index contributed by atoms with van der Waals surface area (Å²) in [6.07, 6.45) is -1.26. The van der Waals surface area contributed by atoms with Crippen molar-refractivity contribution in [3.8, 4) is 0 Å².